The molecule has 0 bridgehead atoms. The van der Waals surface area contributed by atoms with E-state index in [2.05, 4.69) is 23.8 Å². The minimum Gasteiger partial charge on any atom is -0.354 e. The summed E-state index contributed by atoms with van der Waals surface area (Å²) in [5.74, 6) is 0. The highest BCUT2D eigenvalue weighted by atomic mass is 16.1. The van der Waals surface area contributed by atoms with Crippen molar-refractivity contribution in [2.24, 2.45) is 0 Å². The number of aromatic amines is 2. The van der Waals surface area contributed by atoms with E-state index in [9.17, 15) is 9.59 Å². The molecule has 0 saturated carbocycles. The highest BCUT2D eigenvalue weighted by molar-refractivity contribution is 6.02. The van der Waals surface area contributed by atoms with Crippen LogP contribution < -0.4 is 10.9 Å². The van der Waals surface area contributed by atoms with Gasteiger partial charge in [-0.05, 0) is 60.4 Å². The molecule has 0 aliphatic carbocycles. The summed E-state index contributed by atoms with van der Waals surface area (Å²) in [6.45, 7) is 4.15. The van der Waals surface area contributed by atoms with Gasteiger partial charge in [0.15, 0.2) is 10.9 Å². The molecule has 138 valence electrons. The molecule has 0 fully saturated rings. The van der Waals surface area contributed by atoms with Crippen molar-refractivity contribution >= 4 is 43.6 Å². The van der Waals surface area contributed by atoms with Gasteiger partial charge in [0.05, 0.1) is 11.0 Å². The lowest BCUT2D eigenvalue weighted by Gasteiger charge is -2.08. The standard InChI is InChI=1S/C24H20N2O2/c1-3-13-5-7-19-15(9-13)23(27)17-11-22-18(12-21(17)25-19)24(28)16-10-14(4-2)6-8-20(16)26-22/h5-12H,3-4H2,1-2H3,(H,25,27)(H,26,28). The number of aryl methyl sites for hydroxylation is 2. The normalized spacial score (nSPS) is 11.8. The van der Waals surface area contributed by atoms with Gasteiger partial charge in [-0.2, -0.15) is 0 Å². The van der Waals surface area contributed by atoms with Gasteiger partial charge in [0.25, 0.3) is 0 Å². The maximum absolute atomic E-state index is 13.1. The van der Waals surface area contributed by atoms with Crippen LogP contribution in [0.15, 0.2) is 58.1 Å². The van der Waals surface area contributed by atoms with Crippen LogP contribution in [0, 0.1) is 0 Å². The zero-order valence-electron chi connectivity index (χ0n) is 15.8. The van der Waals surface area contributed by atoms with Crippen LogP contribution in [-0.4, -0.2) is 9.97 Å². The number of pyridine rings is 2. The second-order valence-electron chi connectivity index (χ2n) is 7.32. The summed E-state index contributed by atoms with van der Waals surface area (Å²) < 4.78 is 0. The van der Waals surface area contributed by atoms with E-state index in [-0.39, 0.29) is 10.9 Å². The first kappa shape index (κ1) is 16.8. The summed E-state index contributed by atoms with van der Waals surface area (Å²) in [7, 11) is 0. The fraction of sp³-hybridized carbons (Fsp3) is 0.167. The second-order valence-corrected chi connectivity index (χ2v) is 7.32. The van der Waals surface area contributed by atoms with Crippen LogP contribution in [0.5, 0.6) is 0 Å². The Kier molecular flexibility index (Phi) is 3.63. The number of hydrogen-bond acceptors (Lipinski definition) is 2. The molecule has 0 atom stereocenters. The zero-order chi connectivity index (χ0) is 19.4. The van der Waals surface area contributed by atoms with Crippen LogP contribution in [0.1, 0.15) is 25.0 Å². The zero-order valence-corrected chi connectivity index (χ0v) is 15.8. The van der Waals surface area contributed by atoms with E-state index in [0.717, 1.165) is 35.0 Å². The van der Waals surface area contributed by atoms with Gasteiger partial charge in [-0.3, -0.25) is 9.59 Å². The number of rotatable bonds is 2. The first-order chi connectivity index (χ1) is 13.6. The van der Waals surface area contributed by atoms with Gasteiger partial charge >= 0.3 is 0 Å². The molecule has 2 aromatic heterocycles. The van der Waals surface area contributed by atoms with Crippen LogP contribution >= 0.6 is 0 Å². The Labute approximate surface area is 160 Å². The Hall–Kier alpha value is -3.40. The van der Waals surface area contributed by atoms with Crippen LogP contribution in [0.25, 0.3) is 43.6 Å². The maximum atomic E-state index is 13.1. The van der Waals surface area contributed by atoms with E-state index < -0.39 is 0 Å². The third-order valence-electron chi connectivity index (χ3n) is 5.66. The first-order valence-corrected chi connectivity index (χ1v) is 9.66. The molecular formula is C24H20N2O2. The Morgan fingerprint density at radius 1 is 0.571 bits per heavy atom. The van der Waals surface area contributed by atoms with Gasteiger partial charge in [0.2, 0.25) is 0 Å². The fourth-order valence-electron chi connectivity index (χ4n) is 3.98. The molecule has 3 aromatic carbocycles. The molecule has 0 aliphatic rings. The van der Waals surface area contributed by atoms with E-state index in [1.54, 1.807) is 12.1 Å². The number of fused-ring (bicyclic) bond motifs is 4. The monoisotopic (exact) mass is 368 g/mol. The Bertz CT molecular complexity index is 1410. The quantitative estimate of drug-likeness (QED) is 0.440. The van der Waals surface area contributed by atoms with E-state index in [1.165, 1.54) is 0 Å². The Balaban J connectivity index is 1.92. The molecule has 4 nitrogen and oxygen atoms in total. The topological polar surface area (TPSA) is 65.7 Å². The van der Waals surface area contributed by atoms with Gasteiger partial charge in [-0.15, -0.1) is 0 Å². The predicted molar refractivity (Wildman–Crippen MR) is 116 cm³/mol. The summed E-state index contributed by atoms with van der Waals surface area (Å²) >= 11 is 0. The van der Waals surface area contributed by atoms with Crippen molar-refractivity contribution in [1.82, 2.24) is 9.97 Å². The molecule has 0 unspecified atom stereocenters. The maximum Gasteiger partial charge on any atom is 0.197 e. The molecule has 0 aliphatic heterocycles. The van der Waals surface area contributed by atoms with Gasteiger partial charge in [0, 0.05) is 32.6 Å². The largest absolute Gasteiger partial charge is 0.354 e. The highest BCUT2D eigenvalue weighted by Gasteiger charge is 2.11. The van der Waals surface area contributed by atoms with Crippen molar-refractivity contribution in [2.75, 3.05) is 0 Å². The number of H-pyrrole nitrogens is 2. The number of hydrogen-bond donors (Lipinski definition) is 2. The highest BCUT2D eigenvalue weighted by Crippen LogP contribution is 2.22. The Morgan fingerprint density at radius 2 is 0.964 bits per heavy atom. The van der Waals surface area contributed by atoms with E-state index in [0.29, 0.717) is 32.6 Å². The molecule has 4 heteroatoms. The Morgan fingerprint density at radius 3 is 1.36 bits per heavy atom. The second kappa shape index (κ2) is 6.06. The third-order valence-corrected chi connectivity index (χ3v) is 5.66. The molecular weight excluding hydrogens is 348 g/mol. The lowest BCUT2D eigenvalue weighted by Crippen LogP contribution is -2.08. The number of benzene rings is 3. The lowest BCUT2D eigenvalue weighted by molar-refractivity contribution is 1.14. The average Bonchev–Trinajstić information content (AvgIpc) is 2.73. The number of aromatic nitrogens is 2. The summed E-state index contributed by atoms with van der Waals surface area (Å²) in [4.78, 5) is 32.9. The molecule has 28 heavy (non-hydrogen) atoms. The van der Waals surface area contributed by atoms with Gasteiger partial charge in [0.1, 0.15) is 0 Å². The molecule has 2 N–H and O–H groups in total. The van der Waals surface area contributed by atoms with Crippen molar-refractivity contribution in [3.63, 3.8) is 0 Å². The molecule has 0 saturated heterocycles. The van der Waals surface area contributed by atoms with Gasteiger partial charge in [-0.25, -0.2) is 0 Å². The van der Waals surface area contributed by atoms with Crippen LogP contribution in [0.2, 0.25) is 0 Å². The van der Waals surface area contributed by atoms with Crippen molar-refractivity contribution in [1.29, 1.82) is 0 Å². The summed E-state index contributed by atoms with van der Waals surface area (Å²) in [5.41, 5.74) is 5.19. The van der Waals surface area contributed by atoms with E-state index in [4.69, 9.17) is 0 Å². The fourth-order valence-corrected chi connectivity index (χ4v) is 3.98. The lowest BCUT2D eigenvalue weighted by atomic mass is 10.0. The number of nitrogens with one attached hydrogen (secondary N) is 2. The van der Waals surface area contributed by atoms with Crippen LogP contribution in [-0.2, 0) is 12.8 Å². The van der Waals surface area contributed by atoms with Crippen LogP contribution in [0.3, 0.4) is 0 Å². The third kappa shape index (κ3) is 2.38. The summed E-state index contributed by atoms with van der Waals surface area (Å²) in [6, 6.07) is 15.4. The molecule has 0 radical (unpaired) electrons. The minimum absolute atomic E-state index is 0.0109. The predicted octanol–water partition coefficient (Wildman–Crippen LogP) is 4.80. The smallest absolute Gasteiger partial charge is 0.197 e. The molecule has 0 amide bonds. The van der Waals surface area contributed by atoms with Gasteiger partial charge in [-0.1, -0.05) is 26.0 Å². The average molecular weight is 368 g/mol. The molecule has 2 heterocycles. The minimum atomic E-state index is -0.0109. The van der Waals surface area contributed by atoms with E-state index in [1.807, 2.05) is 36.4 Å². The van der Waals surface area contributed by atoms with Crippen molar-refractivity contribution in [3.05, 3.63) is 80.1 Å². The molecule has 5 aromatic rings. The van der Waals surface area contributed by atoms with E-state index >= 15 is 0 Å². The summed E-state index contributed by atoms with van der Waals surface area (Å²) in [5, 5.41) is 2.55. The molecule has 5 rings (SSSR count). The van der Waals surface area contributed by atoms with Crippen LogP contribution in [0.4, 0.5) is 0 Å². The van der Waals surface area contributed by atoms with Crippen molar-refractivity contribution in [3.8, 4) is 0 Å². The van der Waals surface area contributed by atoms with Gasteiger partial charge < -0.3 is 9.97 Å². The summed E-state index contributed by atoms with van der Waals surface area (Å²) in [6.07, 6.45) is 1.76. The van der Waals surface area contributed by atoms with Crippen molar-refractivity contribution < 1.29 is 0 Å². The first-order valence-electron chi connectivity index (χ1n) is 9.66. The molecule has 0 spiro atoms. The SMILES string of the molecule is CCc1ccc2[nH]c3cc4c(=O)c5cc(CC)ccc5[nH]c4cc3c(=O)c2c1. The van der Waals surface area contributed by atoms with Crippen molar-refractivity contribution in [2.45, 2.75) is 26.7 Å².